The lowest BCUT2D eigenvalue weighted by Crippen LogP contribution is -2.18. The third-order valence-corrected chi connectivity index (χ3v) is 5.05. The number of nitrogens with zero attached hydrogens (tertiary/aromatic N) is 2. The number of thioether (sulfide) groups is 1. The van der Waals surface area contributed by atoms with Crippen LogP contribution in [0.5, 0.6) is 0 Å². The largest absolute Gasteiger partial charge is 0.455 e. The van der Waals surface area contributed by atoms with Crippen LogP contribution < -0.4 is 10.6 Å². The van der Waals surface area contributed by atoms with Gasteiger partial charge >= 0.3 is 0 Å². The third kappa shape index (κ3) is 4.40. The summed E-state index contributed by atoms with van der Waals surface area (Å²) in [5.41, 5.74) is 1.97. The molecule has 0 saturated heterocycles. The molecule has 2 amide bonds. The Hall–Kier alpha value is -3.00. The predicted octanol–water partition coefficient (Wildman–Crippen LogP) is 3.23. The number of carbonyl (C=O) groups is 2. The first-order valence-corrected chi connectivity index (χ1v) is 9.29. The Balaban J connectivity index is 1.64. The molecule has 2 N–H and O–H groups in total. The molecule has 0 aliphatic carbocycles. The van der Waals surface area contributed by atoms with Gasteiger partial charge in [-0.3, -0.25) is 9.59 Å². The second-order valence-corrected chi connectivity index (χ2v) is 6.88. The van der Waals surface area contributed by atoms with E-state index < -0.39 is 0 Å². The lowest BCUT2D eigenvalue weighted by atomic mass is 10.1. The van der Waals surface area contributed by atoms with Gasteiger partial charge in [-0.1, -0.05) is 11.8 Å². The van der Waals surface area contributed by atoms with E-state index in [1.807, 2.05) is 24.7 Å². The van der Waals surface area contributed by atoms with E-state index in [-0.39, 0.29) is 17.6 Å². The van der Waals surface area contributed by atoms with E-state index >= 15 is 0 Å². The Morgan fingerprint density at radius 3 is 2.70 bits per heavy atom. The van der Waals surface area contributed by atoms with Crippen molar-refractivity contribution in [3.63, 3.8) is 0 Å². The number of rotatable bonds is 6. The lowest BCUT2D eigenvalue weighted by molar-refractivity contribution is 0.0962. The molecule has 0 aliphatic heterocycles. The number of hydrogen-bond donors (Lipinski definition) is 2. The fourth-order valence-electron chi connectivity index (χ4n) is 2.48. The van der Waals surface area contributed by atoms with Crippen LogP contribution in [0.4, 0.5) is 5.69 Å². The molecule has 2 heterocycles. The van der Waals surface area contributed by atoms with Gasteiger partial charge in [-0.15, -0.1) is 0 Å². The molecule has 0 radical (unpaired) electrons. The number of aromatic nitrogens is 2. The van der Waals surface area contributed by atoms with Crippen LogP contribution >= 0.6 is 11.8 Å². The van der Waals surface area contributed by atoms with E-state index in [9.17, 15) is 9.59 Å². The molecule has 140 valence electrons. The summed E-state index contributed by atoms with van der Waals surface area (Å²) in [5.74, 6) is 1.01. The number of nitrogens with one attached hydrogen (secondary N) is 2. The molecule has 8 heteroatoms. The van der Waals surface area contributed by atoms with Gasteiger partial charge in [0.2, 0.25) is 0 Å². The molecule has 3 aromatic rings. The minimum atomic E-state index is -0.334. The average Bonchev–Trinajstić information content (AvgIpc) is 3.29. The van der Waals surface area contributed by atoms with Gasteiger partial charge in [-0.2, -0.15) is 0 Å². The Bertz CT molecular complexity index is 977. The van der Waals surface area contributed by atoms with Gasteiger partial charge in [-0.05, 0) is 42.8 Å². The minimum Gasteiger partial charge on any atom is -0.455 e. The summed E-state index contributed by atoms with van der Waals surface area (Å²) in [5, 5.41) is 6.27. The summed E-state index contributed by atoms with van der Waals surface area (Å²) < 4.78 is 7.56. The molecule has 0 bridgehead atoms. The average molecular weight is 384 g/mol. The molecule has 0 saturated carbocycles. The number of benzene rings is 1. The summed E-state index contributed by atoms with van der Waals surface area (Å²) in [6, 6.07) is 8.53. The molecule has 0 fully saturated rings. The van der Waals surface area contributed by atoms with Crippen LogP contribution in [0, 0.1) is 6.92 Å². The van der Waals surface area contributed by atoms with Crippen LogP contribution in [0.2, 0.25) is 0 Å². The number of anilines is 1. The first kappa shape index (κ1) is 18.8. The molecular formula is C19H20N4O3S. The summed E-state index contributed by atoms with van der Waals surface area (Å²) in [4.78, 5) is 28.3. The van der Waals surface area contributed by atoms with Gasteiger partial charge in [0, 0.05) is 37.7 Å². The van der Waals surface area contributed by atoms with Crippen molar-refractivity contribution in [3.8, 4) is 0 Å². The number of hydrogen-bond acceptors (Lipinski definition) is 5. The Morgan fingerprint density at radius 2 is 2.04 bits per heavy atom. The van der Waals surface area contributed by atoms with Crippen molar-refractivity contribution in [3.05, 3.63) is 65.4 Å². The standard InChI is InChI=1S/C19H20N4O3S/c1-12-10-13(17(24)20-2)4-6-15(12)22-18(25)16-7-5-14(26-16)11-27-19-21-8-9-23(19)3/h4-10H,11H2,1-3H3,(H,20,24)(H,22,25). The van der Waals surface area contributed by atoms with Crippen LogP contribution in [0.3, 0.4) is 0 Å². The fraction of sp³-hybridized carbons (Fsp3) is 0.211. The number of carbonyl (C=O) groups excluding carboxylic acids is 2. The van der Waals surface area contributed by atoms with Crippen molar-refractivity contribution in [1.29, 1.82) is 0 Å². The molecule has 0 unspecified atom stereocenters. The number of imidazole rings is 1. The molecule has 0 atom stereocenters. The zero-order chi connectivity index (χ0) is 19.4. The maximum atomic E-state index is 12.4. The van der Waals surface area contributed by atoms with Gasteiger partial charge in [0.05, 0.1) is 5.75 Å². The lowest BCUT2D eigenvalue weighted by Gasteiger charge is -2.09. The van der Waals surface area contributed by atoms with Gasteiger partial charge in [-0.25, -0.2) is 4.98 Å². The van der Waals surface area contributed by atoms with Crippen molar-refractivity contribution in [2.45, 2.75) is 17.8 Å². The smallest absolute Gasteiger partial charge is 0.291 e. The van der Waals surface area contributed by atoms with E-state index in [2.05, 4.69) is 15.6 Å². The van der Waals surface area contributed by atoms with Crippen molar-refractivity contribution in [1.82, 2.24) is 14.9 Å². The van der Waals surface area contributed by atoms with Crippen LogP contribution in [-0.2, 0) is 12.8 Å². The van der Waals surface area contributed by atoms with Gasteiger partial charge in [0.25, 0.3) is 11.8 Å². The molecule has 2 aromatic heterocycles. The van der Waals surface area contributed by atoms with E-state index in [1.165, 1.54) is 11.8 Å². The second-order valence-electron chi connectivity index (χ2n) is 5.94. The van der Waals surface area contributed by atoms with Gasteiger partial charge in [0.15, 0.2) is 10.9 Å². The van der Waals surface area contributed by atoms with Crippen molar-refractivity contribution in [2.24, 2.45) is 7.05 Å². The van der Waals surface area contributed by atoms with Crippen LogP contribution in [-0.4, -0.2) is 28.4 Å². The summed E-state index contributed by atoms with van der Waals surface area (Å²) in [6.07, 6.45) is 3.61. The first-order chi connectivity index (χ1) is 13.0. The Morgan fingerprint density at radius 1 is 1.22 bits per heavy atom. The van der Waals surface area contributed by atoms with Crippen molar-refractivity contribution >= 4 is 29.3 Å². The van der Waals surface area contributed by atoms with E-state index in [1.54, 1.807) is 43.6 Å². The summed E-state index contributed by atoms with van der Waals surface area (Å²) >= 11 is 1.53. The molecule has 0 spiro atoms. The molecule has 7 nitrogen and oxygen atoms in total. The third-order valence-electron chi connectivity index (χ3n) is 3.97. The normalized spacial score (nSPS) is 10.6. The van der Waals surface area contributed by atoms with Crippen molar-refractivity contribution < 1.29 is 14.0 Å². The monoisotopic (exact) mass is 384 g/mol. The quantitative estimate of drug-likeness (QED) is 0.637. The number of amides is 2. The molecule has 27 heavy (non-hydrogen) atoms. The van der Waals surface area contributed by atoms with Crippen LogP contribution in [0.15, 0.2) is 52.3 Å². The highest BCUT2D eigenvalue weighted by Crippen LogP contribution is 2.23. The number of furan rings is 1. The molecule has 3 rings (SSSR count). The highest BCUT2D eigenvalue weighted by Gasteiger charge is 2.14. The van der Waals surface area contributed by atoms with Crippen molar-refractivity contribution in [2.75, 3.05) is 12.4 Å². The zero-order valence-electron chi connectivity index (χ0n) is 15.3. The maximum Gasteiger partial charge on any atom is 0.291 e. The Labute approximate surface area is 161 Å². The van der Waals surface area contributed by atoms with Crippen LogP contribution in [0.1, 0.15) is 32.2 Å². The molecule has 1 aromatic carbocycles. The van der Waals surface area contributed by atoms with E-state index in [0.29, 0.717) is 22.8 Å². The van der Waals surface area contributed by atoms with E-state index in [4.69, 9.17) is 4.42 Å². The Kier molecular flexibility index (Phi) is 5.66. The second kappa shape index (κ2) is 8.13. The van der Waals surface area contributed by atoms with Gasteiger partial charge < -0.3 is 19.6 Å². The minimum absolute atomic E-state index is 0.170. The zero-order valence-corrected chi connectivity index (χ0v) is 16.1. The SMILES string of the molecule is CNC(=O)c1ccc(NC(=O)c2ccc(CSc3nccn3C)o2)c(C)c1. The van der Waals surface area contributed by atoms with Crippen LogP contribution in [0.25, 0.3) is 0 Å². The van der Waals surface area contributed by atoms with Gasteiger partial charge in [0.1, 0.15) is 5.76 Å². The van der Waals surface area contributed by atoms with E-state index in [0.717, 1.165) is 10.7 Å². The highest BCUT2D eigenvalue weighted by atomic mass is 32.2. The summed E-state index contributed by atoms with van der Waals surface area (Å²) in [7, 11) is 3.50. The molecular weight excluding hydrogens is 364 g/mol. The fourth-order valence-corrected chi connectivity index (χ4v) is 3.30. The highest BCUT2D eigenvalue weighted by molar-refractivity contribution is 7.98. The molecule has 0 aliphatic rings. The maximum absolute atomic E-state index is 12.4. The first-order valence-electron chi connectivity index (χ1n) is 8.31. The predicted molar refractivity (Wildman–Crippen MR) is 104 cm³/mol. The number of aryl methyl sites for hydroxylation is 2. The topological polar surface area (TPSA) is 89.2 Å². The summed E-state index contributed by atoms with van der Waals surface area (Å²) in [6.45, 7) is 1.83.